The van der Waals surface area contributed by atoms with Crippen LogP contribution < -0.4 is 5.32 Å². The molecule has 0 amide bonds. The Morgan fingerprint density at radius 2 is 2.00 bits per heavy atom. The minimum absolute atomic E-state index is 0.0580. The van der Waals surface area contributed by atoms with E-state index in [1.54, 1.807) is 0 Å². The Balaban J connectivity index is 1.68. The van der Waals surface area contributed by atoms with Gasteiger partial charge in [0, 0.05) is 6.54 Å². The third-order valence-corrected chi connectivity index (χ3v) is 3.84. The number of aliphatic hydroxyl groups excluding tert-OH is 1. The fraction of sp³-hybridized carbons (Fsp3) is 1.00. The van der Waals surface area contributed by atoms with Gasteiger partial charge in [0.05, 0.1) is 18.2 Å². The molecule has 1 heterocycles. The largest absolute Gasteiger partial charge is 0.390 e. The van der Waals surface area contributed by atoms with E-state index in [1.807, 2.05) is 0 Å². The summed E-state index contributed by atoms with van der Waals surface area (Å²) in [4.78, 5) is 0. The maximum Gasteiger partial charge on any atom is 0.282 e. The van der Waals surface area contributed by atoms with Crippen molar-refractivity contribution in [3.63, 3.8) is 0 Å². The lowest BCUT2D eigenvalue weighted by Crippen LogP contribution is -2.39. The molecule has 1 saturated heterocycles. The van der Waals surface area contributed by atoms with Crippen LogP contribution in [0, 0.1) is 0 Å². The number of hydrogen-bond acceptors (Lipinski definition) is 3. The van der Waals surface area contributed by atoms with E-state index in [2.05, 4.69) is 5.32 Å². The molecule has 100 valence electrons. The van der Waals surface area contributed by atoms with E-state index in [4.69, 9.17) is 9.84 Å². The summed E-state index contributed by atoms with van der Waals surface area (Å²) in [7, 11) is 0. The number of nitrogens with one attached hydrogen (secondary N) is 1. The summed E-state index contributed by atoms with van der Waals surface area (Å²) in [5.74, 6) is -3.02. The van der Waals surface area contributed by atoms with Crippen LogP contribution in [0.2, 0.25) is 0 Å². The molecule has 0 aromatic heterocycles. The fourth-order valence-corrected chi connectivity index (χ4v) is 2.90. The molecule has 1 aliphatic heterocycles. The predicted octanol–water partition coefficient (Wildman–Crippen LogP) is 1.70. The smallest absolute Gasteiger partial charge is 0.282 e. The van der Waals surface area contributed by atoms with Gasteiger partial charge in [-0.05, 0) is 25.7 Å². The summed E-state index contributed by atoms with van der Waals surface area (Å²) >= 11 is 0. The molecular formula is C12H21F2NO2. The number of halogens is 2. The van der Waals surface area contributed by atoms with Gasteiger partial charge in [-0.2, -0.15) is 0 Å². The Hall–Kier alpha value is -0.260. The van der Waals surface area contributed by atoms with Crippen LogP contribution in [0.3, 0.4) is 0 Å². The highest BCUT2D eigenvalue weighted by Gasteiger charge is 2.42. The molecule has 2 rings (SSSR count). The topological polar surface area (TPSA) is 41.5 Å². The molecule has 2 fully saturated rings. The standard InChI is InChI=1S/C12H21F2NO2/c13-12(14,9-16)8-15-7-10-3-6-11(17-10)4-1-2-5-11/h10,15-16H,1-9H2. The van der Waals surface area contributed by atoms with Crippen LogP contribution in [0.5, 0.6) is 0 Å². The number of rotatable bonds is 5. The van der Waals surface area contributed by atoms with Crippen molar-refractivity contribution in [2.45, 2.75) is 56.2 Å². The van der Waals surface area contributed by atoms with E-state index in [0.29, 0.717) is 6.54 Å². The first-order valence-electron chi connectivity index (χ1n) is 6.43. The van der Waals surface area contributed by atoms with Gasteiger partial charge in [-0.15, -0.1) is 0 Å². The Bertz CT molecular complexity index is 255. The van der Waals surface area contributed by atoms with Gasteiger partial charge in [-0.1, -0.05) is 12.8 Å². The maximum atomic E-state index is 12.8. The lowest BCUT2D eigenvalue weighted by molar-refractivity contribution is -0.0568. The molecule has 17 heavy (non-hydrogen) atoms. The van der Waals surface area contributed by atoms with E-state index in [9.17, 15) is 8.78 Å². The first-order chi connectivity index (χ1) is 8.05. The van der Waals surface area contributed by atoms with Crippen LogP contribution in [-0.2, 0) is 4.74 Å². The Labute approximate surface area is 101 Å². The van der Waals surface area contributed by atoms with E-state index in [1.165, 1.54) is 12.8 Å². The van der Waals surface area contributed by atoms with Gasteiger partial charge in [0.25, 0.3) is 5.92 Å². The molecule has 5 heteroatoms. The predicted molar refractivity (Wildman–Crippen MR) is 60.2 cm³/mol. The van der Waals surface area contributed by atoms with Crippen molar-refractivity contribution < 1.29 is 18.6 Å². The molecule has 1 spiro atoms. The fourth-order valence-electron chi connectivity index (χ4n) is 2.90. The second-order valence-corrected chi connectivity index (χ2v) is 5.31. The minimum Gasteiger partial charge on any atom is -0.390 e. The minimum atomic E-state index is -3.02. The Morgan fingerprint density at radius 1 is 1.29 bits per heavy atom. The van der Waals surface area contributed by atoms with Gasteiger partial charge in [-0.25, -0.2) is 8.78 Å². The second-order valence-electron chi connectivity index (χ2n) is 5.31. The van der Waals surface area contributed by atoms with Crippen molar-refractivity contribution in [3.8, 4) is 0 Å². The van der Waals surface area contributed by atoms with E-state index >= 15 is 0 Å². The molecule has 1 unspecified atom stereocenters. The van der Waals surface area contributed by atoms with Crippen molar-refractivity contribution >= 4 is 0 Å². The number of alkyl halides is 2. The first kappa shape index (κ1) is 13.2. The lowest BCUT2D eigenvalue weighted by atomic mass is 9.98. The maximum absolute atomic E-state index is 12.8. The SMILES string of the molecule is OCC(F)(F)CNCC1CCC2(CCCC2)O1. The van der Waals surface area contributed by atoms with Crippen LogP contribution in [0.15, 0.2) is 0 Å². The number of ether oxygens (including phenoxy) is 1. The van der Waals surface area contributed by atoms with Gasteiger partial charge in [0.1, 0.15) is 6.61 Å². The molecule has 1 saturated carbocycles. The van der Waals surface area contributed by atoms with Crippen LogP contribution >= 0.6 is 0 Å². The summed E-state index contributed by atoms with van der Waals surface area (Å²) < 4.78 is 31.5. The second kappa shape index (κ2) is 5.16. The molecule has 0 bridgehead atoms. The normalized spacial score (nSPS) is 28.1. The number of hydrogen-bond donors (Lipinski definition) is 2. The molecule has 1 atom stereocenters. The van der Waals surface area contributed by atoms with E-state index in [-0.39, 0.29) is 11.7 Å². The zero-order valence-corrected chi connectivity index (χ0v) is 10.1. The third kappa shape index (κ3) is 3.36. The van der Waals surface area contributed by atoms with Crippen LogP contribution in [0.25, 0.3) is 0 Å². The lowest BCUT2D eigenvalue weighted by Gasteiger charge is -2.24. The molecule has 2 N–H and O–H groups in total. The van der Waals surface area contributed by atoms with Crippen molar-refractivity contribution in [1.29, 1.82) is 0 Å². The highest BCUT2D eigenvalue weighted by atomic mass is 19.3. The van der Waals surface area contributed by atoms with Crippen LogP contribution in [-0.4, -0.2) is 42.4 Å². The van der Waals surface area contributed by atoms with Crippen molar-refractivity contribution in [3.05, 3.63) is 0 Å². The molecule has 1 aliphatic carbocycles. The molecule has 0 aromatic carbocycles. The van der Waals surface area contributed by atoms with E-state index < -0.39 is 19.1 Å². The zero-order chi connectivity index (χ0) is 12.4. The van der Waals surface area contributed by atoms with Gasteiger partial charge >= 0.3 is 0 Å². The average molecular weight is 249 g/mol. The summed E-state index contributed by atoms with van der Waals surface area (Å²) in [5.41, 5.74) is 0.0614. The average Bonchev–Trinajstić information content (AvgIpc) is 2.90. The monoisotopic (exact) mass is 249 g/mol. The van der Waals surface area contributed by atoms with Crippen molar-refractivity contribution in [1.82, 2.24) is 5.32 Å². The van der Waals surface area contributed by atoms with Gasteiger partial charge in [-0.3, -0.25) is 0 Å². The quantitative estimate of drug-likeness (QED) is 0.779. The van der Waals surface area contributed by atoms with Crippen molar-refractivity contribution in [2.24, 2.45) is 0 Å². The molecule has 0 radical (unpaired) electrons. The van der Waals surface area contributed by atoms with Gasteiger partial charge in [0.2, 0.25) is 0 Å². The molecule has 2 aliphatic rings. The molecule has 3 nitrogen and oxygen atoms in total. The third-order valence-electron chi connectivity index (χ3n) is 3.84. The Morgan fingerprint density at radius 3 is 2.65 bits per heavy atom. The van der Waals surface area contributed by atoms with Crippen LogP contribution in [0.1, 0.15) is 38.5 Å². The molecule has 0 aromatic rings. The Kier molecular flexibility index (Phi) is 4.00. The zero-order valence-electron chi connectivity index (χ0n) is 10.1. The van der Waals surface area contributed by atoms with Crippen LogP contribution in [0.4, 0.5) is 8.78 Å². The van der Waals surface area contributed by atoms with Gasteiger partial charge in [0.15, 0.2) is 0 Å². The highest BCUT2D eigenvalue weighted by molar-refractivity contribution is 4.93. The first-order valence-corrected chi connectivity index (χ1v) is 6.43. The summed E-state index contributed by atoms with van der Waals surface area (Å²) in [5, 5.41) is 11.1. The summed E-state index contributed by atoms with van der Waals surface area (Å²) in [6.45, 7) is -1.12. The summed E-state index contributed by atoms with van der Waals surface area (Å²) in [6.07, 6.45) is 6.77. The number of aliphatic hydroxyl groups is 1. The molecular weight excluding hydrogens is 228 g/mol. The van der Waals surface area contributed by atoms with Crippen molar-refractivity contribution in [2.75, 3.05) is 19.7 Å². The summed E-state index contributed by atoms with van der Waals surface area (Å²) in [6, 6.07) is 0. The van der Waals surface area contributed by atoms with Gasteiger partial charge < -0.3 is 15.2 Å². The van der Waals surface area contributed by atoms with E-state index in [0.717, 1.165) is 25.7 Å². The highest BCUT2D eigenvalue weighted by Crippen LogP contribution is 2.43.